The Labute approximate surface area is 102 Å². The van der Waals surface area contributed by atoms with E-state index in [-0.39, 0.29) is 17.5 Å². The van der Waals surface area contributed by atoms with E-state index in [1.54, 1.807) is 13.1 Å². The van der Waals surface area contributed by atoms with Crippen molar-refractivity contribution in [2.24, 2.45) is 12.9 Å². The number of hydrogen-bond donors (Lipinski definition) is 2. The zero-order chi connectivity index (χ0) is 12.9. The first-order valence-corrected chi connectivity index (χ1v) is 7.46. The summed E-state index contributed by atoms with van der Waals surface area (Å²) >= 11 is 0. The fourth-order valence-corrected chi connectivity index (χ4v) is 2.55. The molecule has 7 heteroatoms. The Morgan fingerprint density at radius 3 is 2.76 bits per heavy atom. The molecule has 1 aromatic heterocycles. The molecule has 0 saturated carbocycles. The van der Waals surface area contributed by atoms with Crippen LogP contribution in [0.2, 0.25) is 0 Å². The molecule has 1 unspecified atom stereocenters. The summed E-state index contributed by atoms with van der Waals surface area (Å²) in [7, 11) is -1.01. The summed E-state index contributed by atoms with van der Waals surface area (Å²) in [6.07, 6.45) is 4.77. The van der Waals surface area contributed by atoms with E-state index in [1.165, 1.54) is 0 Å². The van der Waals surface area contributed by atoms with Crippen LogP contribution in [0, 0.1) is 0 Å². The molecule has 1 rings (SSSR count). The molecule has 1 atom stereocenters. The summed E-state index contributed by atoms with van der Waals surface area (Å²) in [5, 5.41) is 0. The average molecular weight is 260 g/mol. The number of hydrogen-bond acceptors (Lipinski definition) is 5. The number of rotatable bonds is 7. The van der Waals surface area contributed by atoms with Gasteiger partial charge in [-0.3, -0.25) is 5.84 Å². The average Bonchev–Trinajstić information content (AvgIpc) is 2.71. The van der Waals surface area contributed by atoms with Crippen molar-refractivity contribution < 1.29 is 8.42 Å². The van der Waals surface area contributed by atoms with E-state index in [1.807, 2.05) is 17.8 Å². The van der Waals surface area contributed by atoms with Crippen molar-refractivity contribution in [2.45, 2.75) is 25.8 Å². The van der Waals surface area contributed by atoms with E-state index in [0.29, 0.717) is 12.8 Å². The fraction of sp³-hybridized carbons (Fsp3) is 0.700. The number of hydrazine groups is 1. The fourth-order valence-electron chi connectivity index (χ4n) is 1.65. The highest BCUT2D eigenvalue weighted by atomic mass is 32.2. The van der Waals surface area contributed by atoms with Gasteiger partial charge < -0.3 is 4.57 Å². The van der Waals surface area contributed by atoms with Crippen LogP contribution in [0.25, 0.3) is 0 Å². The maximum Gasteiger partial charge on any atom is 0.150 e. The van der Waals surface area contributed by atoms with Crippen molar-refractivity contribution in [3.63, 3.8) is 0 Å². The lowest BCUT2D eigenvalue weighted by Crippen LogP contribution is -2.30. The minimum absolute atomic E-state index is 0.109. The number of aromatic nitrogens is 2. The smallest absolute Gasteiger partial charge is 0.150 e. The maximum absolute atomic E-state index is 11.4. The molecule has 0 aliphatic carbocycles. The standard InChI is InChI=1S/C10H20N4O2S/c1-3-17(15,16)8-4-5-9(13-11)10-12-6-7-14(10)2/h6-7,9,13H,3-5,8,11H2,1-2H3. The van der Waals surface area contributed by atoms with Crippen LogP contribution in [0.5, 0.6) is 0 Å². The van der Waals surface area contributed by atoms with Gasteiger partial charge in [-0.2, -0.15) is 0 Å². The minimum Gasteiger partial charge on any atom is -0.337 e. The summed E-state index contributed by atoms with van der Waals surface area (Å²) in [4.78, 5) is 4.19. The van der Waals surface area contributed by atoms with Gasteiger partial charge in [0.15, 0.2) is 0 Å². The normalized spacial score (nSPS) is 13.8. The molecule has 0 radical (unpaired) electrons. The van der Waals surface area contributed by atoms with Crippen LogP contribution in [0.3, 0.4) is 0 Å². The molecular formula is C10H20N4O2S. The van der Waals surface area contributed by atoms with Crippen LogP contribution >= 0.6 is 0 Å². The summed E-state index contributed by atoms with van der Waals surface area (Å²) < 4.78 is 24.6. The molecule has 0 bridgehead atoms. The number of nitrogens with one attached hydrogen (secondary N) is 1. The Morgan fingerprint density at radius 1 is 1.59 bits per heavy atom. The van der Waals surface area contributed by atoms with Gasteiger partial charge in [0.1, 0.15) is 15.7 Å². The monoisotopic (exact) mass is 260 g/mol. The van der Waals surface area contributed by atoms with E-state index in [0.717, 1.165) is 5.82 Å². The third kappa shape index (κ3) is 4.10. The van der Waals surface area contributed by atoms with Gasteiger partial charge in [-0.05, 0) is 12.8 Å². The van der Waals surface area contributed by atoms with Gasteiger partial charge in [-0.15, -0.1) is 0 Å². The van der Waals surface area contributed by atoms with E-state index in [4.69, 9.17) is 5.84 Å². The third-order valence-corrected chi connectivity index (χ3v) is 4.55. The molecule has 0 fully saturated rings. The van der Waals surface area contributed by atoms with Crippen molar-refractivity contribution in [3.05, 3.63) is 18.2 Å². The Bertz CT molecular complexity index is 441. The number of imidazole rings is 1. The molecule has 0 saturated heterocycles. The lowest BCUT2D eigenvalue weighted by molar-refractivity contribution is 0.472. The van der Waals surface area contributed by atoms with Gasteiger partial charge in [-0.25, -0.2) is 18.8 Å². The number of aryl methyl sites for hydroxylation is 1. The number of nitrogens with zero attached hydrogens (tertiary/aromatic N) is 2. The van der Waals surface area contributed by atoms with Gasteiger partial charge in [0.25, 0.3) is 0 Å². The SMILES string of the molecule is CCS(=O)(=O)CCCC(NN)c1nccn1C. The molecule has 0 aliphatic rings. The topological polar surface area (TPSA) is 90.0 Å². The molecule has 0 amide bonds. The van der Waals surface area contributed by atoms with Crippen molar-refractivity contribution in [1.29, 1.82) is 0 Å². The second kappa shape index (κ2) is 6.13. The quantitative estimate of drug-likeness (QED) is 0.537. The first kappa shape index (κ1) is 14.1. The summed E-state index contributed by atoms with van der Waals surface area (Å²) in [5.41, 5.74) is 2.67. The highest BCUT2D eigenvalue weighted by Crippen LogP contribution is 2.15. The Morgan fingerprint density at radius 2 is 2.29 bits per heavy atom. The Hall–Kier alpha value is -0.920. The first-order valence-electron chi connectivity index (χ1n) is 5.64. The van der Waals surface area contributed by atoms with Crippen LogP contribution in [0.4, 0.5) is 0 Å². The summed E-state index contributed by atoms with van der Waals surface area (Å²) in [5.74, 6) is 6.67. The van der Waals surface area contributed by atoms with Gasteiger partial charge in [-0.1, -0.05) is 6.92 Å². The zero-order valence-corrected chi connectivity index (χ0v) is 11.1. The Balaban J connectivity index is 2.52. The van der Waals surface area contributed by atoms with E-state index in [2.05, 4.69) is 10.4 Å². The van der Waals surface area contributed by atoms with E-state index >= 15 is 0 Å². The molecule has 1 heterocycles. The summed E-state index contributed by atoms with van der Waals surface area (Å²) in [6, 6.07) is -0.109. The number of nitrogens with two attached hydrogens (primary N) is 1. The minimum atomic E-state index is -2.90. The van der Waals surface area contributed by atoms with Crippen molar-refractivity contribution in [3.8, 4) is 0 Å². The second-order valence-electron chi connectivity index (χ2n) is 3.99. The molecule has 0 aromatic carbocycles. The van der Waals surface area contributed by atoms with E-state index in [9.17, 15) is 8.42 Å². The third-order valence-electron chi connectivity index (χ3n) is 2.76. The van der Waals surface area contributed by atoms with Crippen molar-refractivity contribution in [1.82, 2.24) is 15.0 Å². The highest BCUT2D eigenvalue weighted by Gasteiger charge is 2.15. The zero-order valence-electron chi connectivity index (χ0n) is 10.3. The number of sulfone groups is 1. The molecular weight excluding hydrogens is 240 g/mol. The largest absolute Gasteiger partial charge is 0.337 e. The molecule has 0 spiro atoms. The summed E-state index contributed by atoms with van der Waals surface area (Å²) in [6.45, 7) is 1.66. The van der Waals surface area contributed by atoms with Gasteiger partial charge in [0.2, 0.25) is 0 Å². The molecule has 0 aliphatic heterocycles. The van der Waals surface area contributed by atoms with Crippen LogP contribution in [-0.4, -0.2) is 29.5 Å². The van der Waals surface area contributed by atoms with Gasteiger partial charge in [0, 0.05) is 25.2 Å². The van der Waals surface area contributed by atoms with Gasteiger partial charge >= 0.3 is 0 Å². The predicted molar refractivity (Wildman–Crippen MR) is 66.8 cm³/mol. The Kier molecular flexibility index (Phi) is 5.10. The molecule has 17 heavy (non-hydrogen) atoms. The predicted octanol–water partition coefficient (Wildman–Crippen LogP) is 0.139. The van der Waals surface area contributed by atoms with Crippen LogP contribution < -0.4 is 11.3 Å². The van der Waals surface area contributed by atoms with Crippen molar-refractivity contribution >= 4 is 9.84 Å². The van der Waals surface area contributed by atoms with E-state index < -0.39 is 9.84 Å². The second-order valence-corrected chi connectivity index (χ2v) is 6.47. The molecule has 6 nitrogen and oxygen atoms in total. The van der Waals surface area contributed by atoms with Gasteiger partial charge in [0.05, 0.1) is 11.8 Å². The maximum atomic E-state index is 11.4. The molecule has 3 N–H and O–H groups in total. The lowest BCUT2D eigenvalue weighted by atomic mass is 10.1. The van der Waals surface area contributed by atoms with Crippen LogP contribution in [-0.2, 0) is 16.9 Å². The highest BCUT2D eigenvalue weighted by molar-refractivity contribution is 7.91. The van der Waals surface area contributed by atoms with Crippen molar-refractivity contribution in [2.75, 3.05) is 11.5 Å². The van der Waals surface area contributed by atoms with Crippen LogP contribution in [0.1, 0.15) is 31.6 Å². The lowest BCUT2D eigenvalue weighted by Gasteiger charge is -2.15. The molecule has 1 aromatic rings. The van der Waals surface area contributed by atoms with Crippen LogP contribution in [0.15, 0.2) is 12.4 Å². The molecule has 98 valence electrons. The first-order chi connectivity index (χ1) is 8.00.